The zero-order valence-corrected chi connectivity index (χ0v) is 17.8. The molecule has 1 aliphatic rings. The van der Waals surface area contributed by atoms with Gasteiger partial charge in [-0.3, -0.25) is 9.59 Å². The second-order valence-corrected chi connectivity index (χ2v) is 8.47. The van der Waals surface area contributed by atoms with Gasteiger partial charge in [-0.25, -0.2) is 0 Å². The summed E-state index contributed by atoms with van der Waals surface area (Å²) in [7, 11) is 0. The zero-order valence-electron chi connectivity index (χ0n) is 17.0. The van der Waals surface area contributed by atoms with Gasteiger partial charge in [0.2, 0.25) is 11.1 Å². The Morgan fingerprint density at radius 2 is 1.77 bits per heavy atom. The van der Waals surface area contributed by atoms with Crippen molar-refractivity contribution in [2.24, 2.45) is 0 Å². The van der Waals surface area contributed by atoms with E-state index in [1.807, 2.05) is 24.3 Å². The minimum absolute atomic E-state index is 0.0102. The average molecular weight is 422 g/mol. The first-order chi connectivity index (χ1) is 14.5. The number of hydrogen-bond acceptors (Lipinski definition) is 6. The number of aromatic nitrogens is 4. The second kappa shape index (κ2) is 8.79. The van der Waals surface area contributed by atoms with Crippen molar-refractivity contribution in [3.8, 4) is 5.69 Å². The summed E-state index contributed by atoms with van der Waals surface area (Å²) < 4.78 is 1.64. The first-order valence-corrected chi connectivity index (χ1v) is 11.0. The van der Waals surface area contributed by atoms with Crippen LogP contribution in [0.3, 0.4) is 0 Å². The summed E-state index contributed by atoms with van der Waals surface area (Å²) in [5.74, 6) is 0.808. The molecule has 1 fully saturated rings. The van der Waals surface area contributed by atoms with Crippen molar-refractivity contribution in [1.82, 2.24) is 20.2 Å². The fourth-order valence-electron chi connectivity index (χ4n) is 3.39. The lowest BCUT2D eigenvalue weighted by atomic mass is 10.0. The molecule has 0 N–H and O–H groups in total. The van der Waals surface area contributed by atoms with Crippen molar-refractivity contribution in [3.63, 3.8) is 0 Å². The highest BCUT2D eigenvalue weighted by atomic mass is 32.2. The van der Waals surface area contributed by atoms with Crippen LogP contribution < -0.4 is 4.90 Å². The number of hydrogen-bond donors (Lipinski definition) is 0. The van der Waals surface area contributed by atoms with Crippen LogP contribution in [0.25, 0.3) is 5.69 Å². The minimum atomic E-state index is -0.0102. The molecule has 1 amide bonds. The number of tetrazole rings is 1. The van der Waals surface area contributed by atoms with Crippen molar-refractivity contribution in [2.75, 3.05) is 17.2 Å². The van der Waals surface area contributed by atoms with Gasteiger partial charge in [-0.2, -0.15) is 4.68 Å². The molecule has 1 aromatic heterocycles. The molecule has 154 valence electrons. The maximum atomic E-state index is 12.6. The molecule has 2 aromatic carbocycles. The molecule has 0 radical (unpaired) electrons. The number of rotatable bonds is 7. The van der Waals surface area contributed by atoms with E-state index in [4.69, 9.17) is 0 Å². The number of amides is 1. The van der Waals surface area contributed by atoms with E-state index in [9.17, 15) is 9.59 Å². The molecule has 0 saturated carbocycles. The van der Waals surface area contributed by atoms with Crippen molar-refractivity contribution in [2.45, 2.75) is 37.8 Å². The third-order valence-corrected chi connectivity index (χ3v) is 6.07. The van der Waals surface area contributed by atoms with Crippen molar-refractivity contribution in [1.29, 1.82) is 0 Å². The molecule has 1 saturated heterocycles. The predicted octanol–water partition coefficient (Wildman–Crippen LogP) is 3.89. The summed E-state index contributed by atoms with van der Waals surface area (Å²) in [6, 6.07) is 15.3. The van der Waals surface area contributed by atoms with Gasteiger partial charge in [-0.1, -0.05) is 37.7 Å². The maximum absolute atomic E-state index is 12.6. The van der Waals surface area contributed by atoms with Gasteiger partial charge in [0, 0.05) is 24.2 Å². The number of ketones is 1. The number of Topliss-reactive ketones (excluding diaryl/α,β-unsaturated/α-hetero) is 1. The molecule has 7 nitrogen and oxygen atoms in total. The summed E-state index contributed by atoms with van der Waals surface area (Å²) in [5, 5.41) is 12.5. The van der Waals surface area contributed by atoms with Gasteiger partial charge in [0.15, 0.2) is 5.78 Å². The molecule has 0 atom stereocenters. The Balaban J connectivity index is 1.41. The van der Waals surface area contributed by atoms with Gasteiger partial charge in [-0.15, -0.1) is 5.10 Å². The Labute approximate surface area is 179 Å². The van der Waals surface area contributed by atoms with Gasteiger partial charge in [-0.05, 0) is 64.7 Å². The predicted molar refractivity (Wildman–Crippen MR) is 116 cm³/mol. The molecule has 30 heavy (non-hydrogen) atoms. The molecule has 1 aliphatic heterocycles. The normalized spacial score (nSPS) is 14.0. The highest BCUT2D eigenvalue weighted by molar-refractivity contribution is 7.99. The van der Waals surface area contributed by atoms with Crippen LogP contribution in [0.2, 0.25) is 0 Å². The van der Waals surface area contributed by atoms with E-state index in [0.29, 0.717) is 23.1 Å². The maximum Gasteiger partial charge on any atom is 0.227 e. The first-order valence-electron chi connectivity index (χ1n) is 9.98. The largest absolute Gasteiger partial charge is 0.312 e. The number of anilines is 1. The summed E-state index contributed by atoms with van der Waals surface area (Å²) in [6.07, 6.45) is 1.47. The van der Waals surface area contributed by atoms with E-state index in [2.05, 4.69) is 41.5 Å². The van der Waals surface area contributed by atoms with E-state index in [0.717, 1.165) is 24.3 Å². The molecule has 4 rings (SSSR count). The van der Waals surface area contributed by atoms with Gasteiger partial charge in [0.25, 0.3) is 0 Å². The summed E-state index contributed by atoms with van der Waals surface area (Å²) in [6.45, 7) is 5.03. The van der Waals surface area contributed by atoms with E-state index < -0.39 is 0 Å². The molecular formula is C22H23N5O2S. The molecule has 0 bridgehead atoms. The number of carbonyl (C=O) groups excluding carboxylic acids is 2. The Hall–Kier alpha value is -3.00. The van der Waals surface area contributed by atoms with Gasteiger partial charge in [0.1, 0.15) is 0 Å². The topological polar surface area (TPSA) is 81.0 Å². The molecule has 2 heterocycles. The number of thioether (sulfide) groups is 1. The average Bonchev–Trinajstić information content (AvgIpc) is 3.41. The third-order valence-electron chi connectivity index (χ3n) is 5.15. The Bertz CT molecular complexity index is 1040. The quantitative estimate of drug-likeness (QED) is 0.425. The molecule has 3 aromatic rings. The monoisotopic (exact) mass is 421 g/mol. The van der Waals surface area contributed by atoms with Crippen LogP contribution in [0.15, 0.2) is 53.7 Å². The first kappa shape index (κ1) is 20.3. The van der Waals surface area contributed by atoms with Gasteiger partial charge < -0.3 is 4.90 Å². The summed E-state index contributed by atoms with van der Waals surface area (Å²) >= 11 is 1.30. The lowest BCUT2D eigenvalue weighted by molar-refractivity contribution is -0.117. The Morgan fingerprint density at radius 3 is 2.40 bits per heavy atom. The van der Waals surface area contributed by atoms with Crippen LogP contribution in [0, 0.1) is 0 Å². The van der Waals surface area contributed by atoms with Crippen LogP contribution in [0.5, 0.6) is 0 Å². The minimum Gasteiger partial charge on any atom is -0.312 e. The summed E-state index contributed by atoms with van der Waals surface area (Å²) in [4.78, 5) is 26.3. The molecule has 8 heteroatoms. The third kappa shape index (κ3) is 4.28. The van der Waals surface area contributed by atoms with Crippen molar-refractivity contribution in [3.05, 3.63) is 59.7 Å². The van der Waals surface area contributed by atoms with Crippen LogP contribution in [0.1, 0.15) is 48.5 Å². The van der Waals surface area contributed by atoms with E-state index >= 15 is 0 Å². The molecule has 0 unspecified atom stereocenters. The number of carbonyl (C=O) groups is 2. The Morgan fingerprint density at radius 1 is 1.07 bits per heavy atom. The van der Waals surface area contributed by atoms with Crippen LogP contribution in [0.4, 0.5) is 5.69 Å². The molecule has 0 spiro atoms. The van der Waals surface area contributed by atoms with E-state index in [1.165, 1.54) is 17.3 Å². The smallest absolute Gasteiger partial charge is 0.227 e. The van der Waals surface area contributed by atoms with Crippen LogP contribution in [-0.2, 0) is 4.79 Å². The molecule has 0 aliphatic carbocycles. The van der Waals surface area contributed by atoms with E-state index in [-0.39, 0.29) is 17.4 Å². The van der Waals surface area contributed by atoms with Gasteiger partial charge in [0.05, 0.1) is 11.4 Å². The second-order valence-electron chi connectivity index (χ2n) is 7.53. The van der Waals surface area contributed by atoms with Crippen molar-refractivity contribution < 1.29 is 9.59 Å². The summed E-state index contributed by atoms with van der Waals surface area (Å²) in [5.41, 5.74) is 3.56. The van der Waals surface area contributed by atoms with Crippen LogP contribution in [-0.4, -0.2) is 44.2 Å². The van der Waals surface area contributed by atoms with Gasteiger partial charge >= 0.3 is 0 Å². The fourth-order valence-corrected chi connectivity index (χ4v) is 4.18. The Kier molecular flexibility index (Phi) is 5.94. The highest BCUT2D eigenvalue weighted by Gasteiger charge is 2.21. The van der Waals surface area contributed by atoms with E-state index in [1.54, 1.807) is 21.7 Å². The SMILES string of the molecule is CC(C)c1ccc(-n2nnnc2SCC(=O)c2ccc(N3CCCC3=O)cc2)cc1. The zero-order chi connectivity index (χ0) is 21.1. The van der Waals surface area contributed by atoms with Crippen molar-refractivity contribution >= 4 is 29.1 Å². The molecular weight excluding hydrogens is 398 g/mol. The number of benzene rings is 2. The van der Waals surface area contributed by atoms with Crippen LogP contribution >= 0.6 is 11.8 Å². The lowest BCUT2D eigenvalue weighted by Gasteiger charge is -2.15. The highest BCUT2D eigenvalue weighted by Crippen LogP contribution is 2.24. The number of nitrogens with zero attached hydrogens (tertiary/aromatic N) is 5. The fraction of sp³-hybridized carbons (Fsp3) is 0.318. The lowest BCUT2D eigenvalue weighted by Crippen LogP contribution is -2.23. The standard InChI is InChI=1S/C22H23N5O2S/c1-15(2)16-5-11-19(12-6-16)27-22(23-24-25-27)30-14-20(28)17-7-9-18(10-8-17)26-13-3-4-21(26)29/h5-12,15H,3-4,13-14H2,1-2H3.